The summed E-state index contributed by atoms with van der Waals surface area (Å²) in [6.45, 7) is 1.79. The molecule has 3 fully saturated rings. The van der Waals surface area contributed by atoms with E-state index in [0.29, 0.717) is 6.42 Å². The predicted molar refractivity (Wildman–Crippen MR) is 393 cm³/mol. The van der Waals surface area contributed by atoms with E-state index in [4.69, 9.17) is 28.4 Å². The van der Waals surface area contributed by atoms with Gasteiger partial charge in [-0.2, -0.15) is 0 Å². The Morgan fingerprint density at radius 1 is 0.354 bits per heavy atom. The van der Waals surface area contributed by atoms with Crippen LogP contribution in [0.25, 0.3) is 0 Å². The lowest BCUT2D eigenvalue weighted by Gasteiger charge is -2.48. The third kappa shape index (κ3) is 41.7. The number of unbranched alkanes of at least 4 members (excludes halogenated alkanes) is 48. The van der Waals surface area contributed by atoms with Gasteiger partial charge >= 0.3 is 0 Å². The number of aliphatic hydroxyl groups is 11. The first-order valence-electron chi connectivity index (χ1n) is 41.1. The van der Waals surface area contributed by atoms with Crippen molar-refractivity contribution >= 4 is 5.91 Å². The fourth-order valence-electron chi connectivity index (χ4n) is 14.1. The highest BCUT2D eigenvalue weighted by atomic mass is 16.8. The van der Waals surface area contributed by atoms with Gasteiger partial charge < -0.3 is 89.9 Å². The van der Waals surface area contributed by atoms with Crippen molar-refractivity contribution in [3.05, 3.63) is 24.3 Å². The van der Waals surface area contributed by atoms with E-state index in [1.807, 2.05) is 6.08 Å². The van der Waals surface area contributed by atoms with Crippen LogP contribution in [0.5, 0.6) is 0 Å². The Morgan fingerprint density at radius 2 is 0.636 bits per heavy atom. The van der Waals surface area contributed by atoms with E-state index in [9.17, 15) is 61.0 Å². The normalized spacial score (nSPS) is 26.7. The highest BCUT2D eigenvalue weighted by Gasteiger charge is 2.54. The number of aliphatic hydroxyl groups excluding tert-OH is 11. The summed E-state index contributed by atoms with van der Waals surface area (Å²) in [7, 11) is 0. The van der Waals surface area contributed by atoms with Gasteiger partial charge in [-0.3, -0.25) is 4.79 Å². The molecule has 19 heteroatoms. The Balaban J connectivity index is 1.36. The molecule has 584 valence electrons. The molecule has 3 saturated heterocycles. The van der Waals surface area contributed by atoms with Gasteiger partial charge in [0.25, 0.3) is 0 Å². The number of hydrogen-bond donors (Lipinski definition) is 12. The number of amides is 1. The number of carbonyl (C=O) groups is 1. The number of nitrogens with one attached hydrogen (secondary N) is 1. The molecule has 0 bridgehead atoms. The van der Waals surface area contributed by atoms with Gasteiger partial charge in [0, 0.05) is 6.42 Å². The monoisotopic (exact) mass is 1410 g/mol. The van der Waals surface area contributed by atoms with Crippen molar-refractivity contribution in [3.63, 3.8) is 0 Å². The maximum atomic E-state index is 13.5. The number of hydrogen-bond acceptors (Lipinski definition) is 18. The van der Waals surface area contributed by atoms with E-state index in [1.165, 1.54) is 270 Å². The van der Waals surface area contributed by atoms with Crippen LogP contribution in [0, 0.1) is 0 Å². The van der Waals surface area contributed by atoms with Crippen molar-refractivity contribution in [2.75, 3.05) is 26.4 Å². The average molecular weight is 1420 g/mol. The summed E-state index contributed by atoms with van der Waals surface area (Å²) in [6.07, 6.45) is 47.5. The zero-order chi connectivity index (χ0) is 71.8. The van der Waals surface area contributed by atoms with Crippen LogP contribution < -0.4 is 5.32 Å². The second-order valence-corrected chi connectivity index (χ2v) is 29.6. The lowest BCUT2D eigenvalue weighted by atomic mass is 9.96. The first-order chi connectivity index (χ1) is 48.3. The molecule has 1 amide bonds. The van der Waals surface area contributed by atoms with E-state index in [0.717, 1.165) is 51.4 Å². The first-order valence-corrected chi connectivity index (χ1v) is 41.1. The molecular weight excluding hydrogens is 1260 g/mol. The van der Waals surface area contributed by atoms with Gasteiger partial charge in [0.2, 0.25) is 5.91 Å². The average Bonchev–Trinajstić information content (AvgIpc) is 0.784. The molecule has 0 aromatic heterocycles. The minimum Gasteiger partial charge on any atom is -0.394 e. The van der Waals surface area contributed by atoms with Gasteiger partial charge in [-0.15, -0.1) is 0 Å². The fraction of sp³-hybridized carbons (Fsp3) is 0.938. The first kappa shape index (κ1) is 91.5. The molecule has 3 aliphatic rings. The molecule has 0 aromatic rings. The van der Waals surface area contributed by atoms with Crippen LogP contribution in [-0.2, 0) is 33.2 Å². The molecule has 3 aliphatic heterocycles. The Morgan fingerprint density at radius 3 is 0.980 bits per heavy atom. The van der Waals surface area contributed by atoms with Gasteiger partial charge in [0.05, 0.1) is 38.6 Å². The molecule has 0 aromatic carbocycles. The third-order valence-corrected chi connectivity index (χ3v) is 20.7. The highest BCUT2D eigenvalue weighted by Crippen LogP contribution is 2.33. The summed E-state index contributed by atoms with van der Waals surface area (Å²) in [4.78, 5) is 13.5. The lowest BCUT2D eigenvalue weighted by Crippen LogP contribution is -2.66. The summed E-state index contributed by atoms with van der Waals surface area (Å²) >= 11 is 0. The summed E-state index contributed by atoms with van der Waals surface area (Å²) < 4.78 is 34.5. The fourth-order valence-corrected chi connectivity index (χ4v) is 14.1. The van der Waals surface area contributed by atoms with Crippen LogP contribution in [0.3, 0.4) is 0 Å². The second kappa shape index (κ2) is 61.4. The molecule has 3 rings (SSSR count). The summed E-state index contributed by atoms with van der Waals surface area (Å²) in [5, 5.41) is 121. The zero-order valence-electron chi connectivity index (χ0n) is 62.5. The van der Waals surface area contributed by atoms with Crippen LogP contribution in [-0.4, -0.2) is 193 Å². The number of rotatable bonds is 66. The maximum absolute atomic E-state index is 13.5. The Kier molecular flexibility index (Phi) is 56.8. The standard InChI is InChI=1S/C80H151NO18/c1-3-5-7-9-11-13-15-17-19-21-23-25-26-27-28-29-30-31-32-33-34-35-36-38-39-41-43-45-47-49-51-53-55-57-64(85)63(81-68(86)58-56-54-52-50-48-46-44-42-40-37-24-22-20-18-16-14-12-10-8-6-4-2)62-94-78-74(92)71(89)76(66(60-83)96-78)99-80-75(93)72(90)77(67(61-84)97-80)98-79-73(91)70(88)69(87)65(59-82)95-79/h22,24,55,57,63-67,69-80,82-85,87-93H,3-21,23,25-54,56,58-62H2,1-2H3,(H,81,86)/b24-22-,57-55+. The third-order valence-electron chi connectivity index (χ3n) is 20.7. The Bertz CT molecular complexity index is 1880. The highest BCUT2D eigenvalue weighted by molar-refractivity contribution is 5.76. The van der Waals surface area contributed by atoms with E-state index < -0.39 is 124 Å². The smallest absolute Gasteiger partial charge is 0.220 e. The minimum absolute atomic E-state index is 0.244. The van der Waals surface area contributed by atoms with E-state index in [2.05, 4.69) is 31.3 Å². The van der Waals surface area contributed by atoms with Gasteiger partial charge in [0.15, 0.2) is 18.9 Å². The molecule has 17 unspecified atom stereocenters. The molecule has 0 spiro atoms. The predicted octanol–water partition coefficient (Wildman–Crippen LogP) is 13.7. The quantitative estimate of drug-likeness (QED) is 0.0199. The van der Waals surface area contributed by atoms with Crippen molar-refractivity contribution in [1.29, 1.82) is 0 Å². The second-order valence-electron chi connectivity index (χ2n) is 29.6. The van der Waals surface area contributed by atoms with Gasteiger partial charge in [-0.1, -0.05) is 321 Å². The van der Waals surface area contributed by atoms with Crippen LogP contribution in [0.4, 0.5) is 0 Å². The van der Waals surface area contributed by atoms with Crippen molar-refractivity contribution in [2.45, 2.75) is 452 Å². The molecule has 0 aliphatic carbocycles. The van der Waals surface area contributed by atoms with Gasteiger partial charge in [-0.25, -0.2) is 0 Å². The molecule has 17 atom stereocenters. The molecule has 99 heavy (non-hydrogen) atoms. The molecule has 19 nitrogen and oxygen atoms in total. The topological polar surface area (TPSA) is 307 Å². The maximum Gasteiger partial charge on any atom is 0.220 e. The summed E-state index contributed by atoms with van der Waals surface area (Å²) in [6, 6.07) is -0.974. The van der Waals surface area contributed by atoms with Crippen LogP contribution in [0.15, 0.2) is 24.3 Å². The van der Waals surface area contributed by atoms with Crippen molar-refractivity contribution in [2.24, 2.45) is 0 Å². The molecule has 0 radical (unpaired) electrons. The van der Waals surface area contributed by atoms with Crippen molar-refractivity contribution in [1.82, 2.24) is 5.32 Å². The van der Waals surface area contributed by atoms with Gasteiger partial charge in [-0.05, 0) is 44.9 Å². The lowest BCUT2D eigenvalue weighted by molar-refractivity contribution is -0.379. The zero-order valence-corrected chi connectivity index (χ0v) is 62.5. The van der Waals surface area contributed by atoms with Crippen molar-refractivity contribution in [3.8, 4) is 0 Å². The number of allylic oxidation sites excluding steroid dienone is 3. The summed E-state index contributed by atoms with van der Waals surface area (Å²) in [5.74, 6) is -0.272. The SMILES string of the molecule is CCCCCCCCCC/C=C\CCCCCCCCCCCC(=O)NC(COC1OC(CO)C(OC2OC(CO)C(OC3OC(CO)C(O)C(O)C3O)C(O)C2O)C(O)C1O)C(O)/C=C/CCCCCCCCCCCCCCCCCCCCCCCCCCCCCCCCC. The minimum atomic E-state index is -1.98. The van der Waals surface area contributed by atoms with Crippen LogP contribution >= 0.6 is 0 Å². The van der Waals surface area contributed by atoms with Crippen LogP contribution in [0.2, 0.25) is 0 Å². The molecule has 12 N–H and O–H groups in total. The molecular formula is C80H151NO18. The number of ether oxygens (including phenoxy) is 6. The van der Waals surface area contributed by atoms with E-state index >= 15 is 0 Å². The number of carbonyl (C=O) groups excluding carboxylic acids is 1. The Labute approximate surface area is 600 Å². The van der Waals surface area contributed by atoms with Crippen molar-refractivity contribution < 1.29 is 89.4 Å². The van der Waals surface area contributed by atoms with Gasteiger partial charge in [0.1, 0.15) is 73.2 Å². The van der Waals surface area contributed by atoms with E-state index in [-0.39, 0.29) is 18.9 Å². The molecule has 3 heterocycles. The molecule has 0 saturated carbocycles. The Hall–Kier alpha value is -1.73. The largest absolute Gasteiger partial charge is 0.394 e. The summed E-state index contributed by atoms with van der Waals surface area (Å²) in [5.41, 5.74) is 0. The van der Waals surface area contributed by atoms with E-state index in [1.54, 1.807) is 6.08 Å². The van der Waals surface area contributed by atoms with Crippen LogP contribution in [0.1, 0.15) is 348 Å².